The fourth-order valence-corrected chi connectivity index (χ4v) is 5.10. The van der Waals surface area contributed by atoms with Gasteiger partial charge in [0.25, 0.3) is 5.91 Å². The Labute approximate surface area is 175 Å². The lowest BCUT2D eigenvalue weighted by molar-refractivity contribution is 0.0584. The van der Waals surface area contributed by atoms with Crippen molar-refractivity contribution < 1.29 is 22.3 Å². The second-order valence-corrected chi connectivity index (χ2v) is 9.90. The predicted octanol–water partition coefficient (Wildman–Crippen LogP) is 2.83. The zero-order chi connectivity index (χ0) is 21.3. The molecule has 1 aromatic heterocycles. The number of ether oxygens (including phenoxy) is 1. The van der Waals surface area contributed by atoms with E-state index in [0.29, 0.717) is 50.3 Å². The normalized spacial score (nSPS) is 17.6. The standard InChI is InChI=1S/C21H24FN3O4S/c1-24(30(27,28)17-7-8-17)15-6-9-20(23-14-15)29-16-10-12-25(13-11-16)21(26)18-4-2-3-5-19(18)22/h2-6,9,14,16-17H,7-8,10-13H2,1H3. The number of piperidine rings is 1. The van der Waals surface area contributed by atoms with Crippen LogP contribution in [-0.2, 0) is 10.0 Å². The maximum atomic E-state index is 13.8. The van der Waals surface area contributed by atoms with E-state index >= 15 is 0 Å². The first kappa shape index (κ1) is 20.6. The molecule has 1 aliphatic heterocycles. The quantitative estimate of drug-likeness (QED) is 0.700. The van der Waals surface area contributed by atoms with Gasteiger partial charge in [-0.3, -0.25) is 9.10 Å². The Kier molecular flexibility index (Phi) is 5.64. The van der Waals surface area contributed by atoms with Crippen molar-refractivity contribution in [1.29, 1.82) is 0 Å². The first-order chi connectivity index (χ1) is 14.4. The number of hydrogen-bond acceptors (Lipinski definition) is 5. The molecule has 0 bridgehead atoms. The molecule has 160 valence electrons. The van der Waals surface area contributed by atoms with Crippen LogP contribution in [0.1, 0.15) is 36.0 Å². The number of carbonyl (C=O) groups excluding carboxylic acids is 1. The van der Waals surface area contributed by atoms with E-state index in [2.05, 4.69) is 4.98 Å². The summed E-state index contributed by atoms with van der Waals surface area (Å²) in [7, 11) is -1.78. The second-order valence-electron chi connectivity index (χ2n) is 7.66. The van der Waals surface area contributed by atoms with Gasteiger partial charge in [-0.25, -0.2) is 17.8 Å². The van der Waals surface area contributed by atoms with Crippen LogP contribution < -0.4 is 9.04 Å². The maximum Gasteiger partial charge on any atom is 0.256 e. The molecular formula is C21H24FN3O4S. The SMILES string of the molecule is CN(c1ccc(OC2CCN(C(=O)c3ccccc3F)CC2)nc1)S(=O)(=O)C1CC1. The van der Waals surface area contributed by atoms with Gasteiger partial charge >= 0.3 is 0 Å². The summed E-state index contributed by atoms with van der Waals surface area (Å²) < 4.78 is 45.7. The van der Waals surface area contributed by atoms with E-state index < -0.39 is 15.8 Å². The van der Waals surface area contributed by atoms with Crippen LogP contribution in [-0.4, -0.2) is 55.7 Å². The molecule has 1 saturated carbocycles. The molecule has 0 spiro atoms. The zero-order valence-electron chi connectivity index (χ0n) is 16.7. The van der Waals surface area contributed by atoms with Crippen molar-refractivity contribution in [3.63, 3.8) is 0 Å². The summed E-state index contributed by atoms with van der Waals surface area (Å²) in [5, 5.41) is -0.282. The van der Waals surface area contributed by atoms with Gasteiger partial charge in [0.15, 0.2) is 0 Å². The number of benzene rings is 1. The number of amides is 1. The lowest BCUT2D eigenvalue weighted by Gasteiger charge is -2.32. The molecule has 30 heavy (non-hydrogen) atoms. The molecule has 0 atom stereocenters. The summed E-state index contributed by atoms with van der Waals surface area (Å²) in [5.41, 5.74) is 0.582. The Bertz CT molecular complexity index is 1020. The van der Waals surface area contributed by atoms with Crippen LogP contribution in [0.3, 0.4) is 0 Å². The average Bonchev–Trinajstić information content (AvgIpc) is 3.60. The van der Waals surface area contributed by atoms with Crippen LogP contribution in [0.4, 0.5) is 10.1 Å². The minimum atomic E-state index is -3.31. The van der Waals surface area contributed by atoms with Gasteiger partial charge in [0.2, 0.25) is 15.9 Å². The lowest BCUT2D eigenvalue weighted by Crippen LogP contribution is -2.42. The summed E-state index contributed by atoms with van der Waals surface area (Å²) in [6.45, 7) is 0.941. The van der Waals surface area contributed by atoms with Gasteiger partial charge in [0.1, 0.15) is 11.9 Å². The number of anilines is 1. The Morgan fingerprint density at radius 1 is 1.13 bits per heavy atom. The van der Waals surface area contributed by atoms with Gasteiger partial charge < -0.3 is 9.64 Å². The third kappa shape index (κ3) is 4.26. The molecule has 1 aliphatic carbocycles. The first-order valence-corrected chi connectivity index (χ1v) is 11.5. The molecule has 7 nitrogen and oxygen atoms in total. The summed E-state index contributed by atoms with van der Waals surface area (Å²) in [5.74, 6) is -0.414. The molecule has 2 heterocycles. The van der Waals surface area contributed by atoms with Gasteiger partial charge in [-0.15, -0.1) is 0 Å². The number of sulfonamides is 1. The lowest BCUT2D eigenvalue weighted by atomic mass is 10.1. The molecular weight excluding hydrogens is 409 g/mol. The number of hydrogen-bond donors (Lipinski definition) is 0. The number of nitrogens with zero attached hydrogens (tertiary/aromatic N) is 3. The van der Waals surface area contributed by atoms with Crippen LogP contribution >= 0.6 is 0 Å². The largest absolute Gasteiger partial charge is 0.474 e. The highest BCUT2D eigenvalue weighted by atomic mass is 32.2. The Hall–Kier alpha value is -2.68. The highest BCUT2D eigenvalue weighted by Gasteiger charge is 2.39. The van der Waals surface area contributed by atoms with Crippen molar-refractivity contribution in [2.75, 3.05) is 24.4 Å². The van der Waals surface area contributed by atoms with Crippen molar-refractivity contribution >= 4 is 21.6 Å². The third-order valence-corrected chi connectivity index (χ3v) is 7.82. The number of rotatable bonds is 6. The molecule has 1 aromatic carbocycles. The van der Waals surface area contributed by atoms with Crippen LogP contribution in [0.25, 0.3) is 0 Å². The Morgan fingerprint density at radius 3 is 2.43 bits per heavy atom. The monoisotopic (exact) mass is 433 g/mol. The molecule has 9 heteroatoms. The maximum absolute atomic E-state index is 13.8. The van der Waals surface area contributed by atoms with E-state index in [0.717, 1.165) is 0 Å². The average molecular weight is 434 g/mol. The summed E-state index contributed by atoms with van der Waals surface area (Å²) in [6.07, 6.45) is 4.02. The van der Waals surface area contributed by atoms with Gasteiger partial charge in [0, 0.05) is 39.0 Å². The Balaban J connectivity index is 1.32. The van der Waals surface area contributed by atoms with E-state index in [9.17, 15) is 17.6 Å². The summed E-state index contributed by atoms with van der Waals surface area (Å²) >= 11 is 0. The molecule has 2 aliphatic rings. The van der Waals surface area contributed by atoms with Crippen LogP contribution in [0.15, 0.2) is 42.6 Å². The number of pyridine rings is 1. The van der Waals surface area contributed by atoms with E-state index in [1.54, 1.807) is 29.2 Å². The van der Waals surface area contributed by atoms with Crippen molar-refractivity contribution in [2.45, 2.75) is 37.0 Å². The number of likely N-dealkylation sites (tertiary alicyclic amines) is 1. The van der Waals surface area contributed by atoms with E-state index in [1.165, 1.54) is 29.7 Å². The minimum Gasteiger partial charge on any atom is -0.474 e. The zero-order valence-corrected chi connectivity index (χ0v) is 17.5. The minimum absolute atomic E-state index is 0.0828. The van der Waals surface area contributed by atoms with Crippen LogP contribution in [0, 0.1) is 5.82 Å². The highest BCUT2D eigenvalue weighted by molar-refractivity contribution is 7.93. The summed E-state index contributed by atoms with van der Waals surface area (Å²) in [4.78, 5) is 18.4. The fourth-order valence-electron chi connectivity index (χ4n) is 3.52. The topological polar surface area (TPSA) is 79.8 Å². The van der Waals surface area contributed by atoms with E-state index in [1.807, 2.05) is 0 Å². The number of aromatic nitrogens is 1. The molecule has 0 N–H and O–H groups in total. The third-order valence-electron chi connectivity index (χ3n) is 5.53. The van der Waals surface area contributed by atoms with Crippen molar-refractivity contribution in [1.82, 2.24) is 9.88 Å². The molecule has 0 unspecified atom stereocenters. The van der Waals surface area contributed by atoms with Gasteiger partial charge in [0.05, 0.1) is 22.7 Å². The van der Waals surface area contributed by atoms with E-state index in [-0.39, 0.29) is 22.8 Å². The molecule has 0 radical (unpaired) electrons. The summed E-state index contributed by atoms with van der Waals surface area (Å²) in [6, 6.07) is 9.32. The van der Waals surface area contributed by atoms with Crippen molar-refractivity contribution in [3.8, 4) is 5.88 Å². The van der Waals surface area contributed by atoms with Gasteiger partial charge in [-0.2, -0.15) is 0 Å². The number of halogens is 1. The number of carbonyl (C=O) groups is 1. The first-order valence-electron chi connectivity index (χ1n) is 10.0. The van der Waals surface area contributed by atoms with Crippen molar-refractivity contribution in [3.05, 3.63) is 54.0 Å². The second kappa shape index (κ2) is 8.22. The van der Waals surface area contributed by atoms with Crippen LogP contribution in [0.5, 0.6) is 5.88 Å². The molecule has 4 rings (SSSR count). The molecule has 2 fully saturated rings. The molecule has 1 saturated heterocycles. The van der Waals surface area contributed by atoms with E-state index in [4.69, 9.17) is 4.74 Å². The van der Waals surface area contributed by atoms with Gasteiger partial charge in [-0.1, -0.05) is 12.1 Å². The molecule has 2 aromatic rings. The van der Waals surface area contributed by atoms with Crippen molar-refractivity contribution in [2.24, 2.45) is 0 Å². The Morgan fingerprint density at radius 2 is 1.83 bits per heavy atom. The van der Waals surface area contributed by atoms with Gasteiger partial charge in [-0.05, 0) is 31.0 Å². The van der Waals surface area contributed by atoms with Crippen LogP contribution in [0.2, 0.25) is 0 Å². The smallest absolute Gasteiger partial charge is 0.256 e. The fraction of sp³-hybridized carbons (Fsp3) is 0.429. The predicted molar refractivity (Wildman–Crippen MR) is 111 cm³/mol. The molecule has 1 amide bonds. The highest BCUT2D eigenvalue weighted by Crippen LogP contribution is 2.33.